The summed E-state index contributed by atoms with van der Waals surface area (Å²) in [6, 6.07) is 0. The van der Waals surface area contributed by atoms with Gasteiger partial charge in [-0.3, -0.25) is 9.78 Å². The number of hydrogen-bond donors (Lipinski definition) is 0. The third-order valence-corrected chi connectivity index (χ3v) is 2.31. The van der Waals surface area contributed by atoms with E-state index in [4.69, 9.17) is 4.74 Å². The highest BCUT2D eigenvalue weighted by Gasteiger charge is 2.23. The quantitative estimate of drug-likeness (QED) is 0.666. The van der Waals surface area contributed by atoms with E-state index in [9.17, 15) is 4.79 Å². The molecule has 2 heterocycles. The van der Waals surface area contributed by atoms with Crippen LogP contribution in [0, 0.1) is 0 Å². The first-order chi connectivity index (χ1) is 7.27. The highest BCUT2D eigenvalue weighted by Crippen LogP contribution is 2.07. The Balaban J connectivity index is 2.08. The molecule has 0 unspecified atom stereocenters. The molecule has 1 amide bonds. The molecular weight excluding hydrogens is 194 g/mol. The second-order valence-electron chi connectivity index (χ2n) is 3.52. The van der Waals surface area contributed by atoms with Gasteiger partial charge in [0, 0.05) is 25.5 Å². The van der Waals surface area contributed by atoms with E-state index in [1.165, 1.54) is 12.4 Å². The Kier molecular flexibility index (Phi) is 2.91. The normalized spacial score (nSPS) is 21.4. The Bertz CT molecular complexity index is 342. The van der Waals surface area contributed by atoms with E-state index in [2.05, 4.69) is 9.97 Å². The number of amides is 1. The zero-order chi connectivity index (χ0) is 10.7. The number of hydrogen-bond acceptors (Lipinski definition) is 4. The van der Waals surface area contributed by atoms with Crippen LogP contribution >= 0.6 is 0 Å². The molecule has 1 aromatic heterocycles. The molecule has 0 saturated carbocycles. The maximum absolute atomic E-state index is 11.9. The van der Waals surface area contributed by atoms with Gasteiger partial charge >= 0.3 is 0 Å². The molecule has 1 aromatic rings. The van der Waals surface area contributed by atoms with Gasteiger partial charge in [-0.05, 0) is 6.92 Å². The van der Waals surface area contributed by atoms with E-state index in [0.29, 0.717) is 25.4 Å². The molecule has 1 aliphatic rings. The first kappa shape index (κ1) is 10.0. The van der Waals surface area contributed by atoms with Crippen molar-refractivity contribution >= 4 is 5.91 Å². The summed E-state index contributed by atoms with van der Waals surface area (Å²) in [4.78, 5) is 21.5. The van der Waals surface area contributed by atoms with Gasteiger partial charge in [0.15, 0.2) is 0 Å². The van der Waals surface area contributed by atoms with Gasteiger partial charge in [-0.1, -0.05) is 0 Å². The molecule has 5 nitrogen and oxygen atoms in total. The van der Waals surface area contributed by atoms with Gasteiger partial charge < -0.3 is 9.64 Å². The van der Waals surface area contributed by atoms with Crippen molar-refractivity contribution in [2.45, 2.75) is 13.0 Å². The number of ether oxygens (including phenoxy) is 1. The van der Waals surface area contributed by atoms with Crippen molar-refractivity contribution in [2.24, 2.45) is 0 Å². The minimum Gasteiger partial charge on any atom is -0.375 e. The molecular formula is C10H13N3O2. The largest absolute Gasteiger partial charge is 0.375 e. The maximum Gasteiger partial charge on any atom is 0.274 e. The fourth-order valence-corrected chi connectivity index (χ4v) is 1.57. The van der Waals surface area contributed by atoms with Crippen LogP contribution in [0.15, 0.2) is 18.6 Å². The summed E-state index contributed by atoms with van der Waals surface area (Å²) < 4.78 is 5.36. The molecule has 1 fully saturated rings. The molecule has 80 valence electrons. The minimum atomic E-state index is -0.0711. The second kappa shape index (κ2) is 4.35. The van der Waals surface area contributed by atoms with Crippen LogP contribution in [0.1, 0.15) is 17.4 Å². The summed E-state index contributed by atoms with van der Waals surface area (Å²) in [7, 11) is 0. The number of rotatable bonds is 1. The van der Waals surface area contributed by atoms with Crippen molar-refractivity contribution in [2.75, 3.05) is 19.7 Å². The predicted molar refractivity (Wildman–Crippen MR) is 53.3 cm³/mol. The molecule has 0 radical (unpaired) electrons. The predicted octanol–water partition coefficient (Wildman–Crippen LogP) is 0.337. The van der Waals surface area contributed by atoms with Crippen LogP contribution in [0.3, 0.4) is 0 Å². The second-order valence-corrected chi connectivity index (χ2v) is 3.52. The van der Waals surface area contributed by atoms with Crippen LogP contribution in [0.4, 0.5) is 0 Å². The molecule has 0 aliphatic carbocycles. The van der Waals surface area contributed by atoms with Gasteiger partial charge in [0.1, 0.15) is 5.69 Å². The number of carbonyl (C=O) groups excluding carboxylic acids is 1. The molecule has 0 bridgehead atoms. The van der Waals surface area contributed by atoms with Crippen molar-refractivity contribution < 1.29 is 9.53 Å². The molecule has 0 aromatic carbocycles. The first-order valence-corrected chi connectivity index (χ1v) is 4.94. The van der Waals surface area contributed by atoms with Crippen LogP contribution < -0.4 is 0 Å². The van der Waals surface area contributed by atoms with Crippen molar-refractivity contribution in [3.05, 3.63) is 24.3 Å². The Labute approximate surface area is 88.1 Å². The van der Waals surface area contributed by atoms with Crippen LogP contribution in [-0.4, -0.2) is 46.6 Å². The van der Waals surface area contributed by atoms with Crippen LogP contribution in [0.25, 0.3) is 0 Å². The van der Waals surface area contributed by atoms with Crippen molar-refractivity contribution in [3.8, 4) is 0 Å². The zero-order valence-electron chi connectivity index (χ0n) is 8.59. The van der Waals surface area contributed by atoms with Gasteiger partial charge in [0.05, 0.1) is 18.9 Å². The smallest absolute Gasteiger partial charge is 0.274 e. The highest BCUT2D eigenvalue weighted by molar-refractivity contribution is 5.92. The fourth-order valence-electron chi connectivity index (χ4n) is 1.57. The van der Waals surface area contributed by atoms with E-state index >= 15 is 0 Å². The molecule has 1 atom stereocenters. The van der Waals surface area contributed by atoms with Gasteiger partial charge in [-0.2, -0.15) is 0 Å². The van der Waals surface area contributed by atoms with E-state index in [-0.39, 0.29) is 12.0 Å². The Morgan fingerprint density at radius 1 is 1.60 bits per heavy atom. The third-order valence-electron chi connectivity index (χ3n) is 2.31. The lowest BCUT2D eigenvalue weighted by Crippen LogP contribution is -2.44. The first-order valence-electron chi connectivity index (χ1n) is 4.94. The molecule has 2 rings (SSSR count). The van der Waals surface area contributed by atoms with E-state index in [1.54, 1.807) is 11.1 Å². The van der Waals surface area contributed by atoms with Crippen LogP contribution in [0.5, 0.6) is 0 Å². The number of morpholine rings is 1. The van der Waals surface area contributed by atoms with Crippen molar-refractivity contribution in [3.63, 3.8) is 0 Å². The van der Waals surface area contributed by atoms with Gasteiger partial charge in [0.25, 0.3) is 5.91 Å². The fraction of sp³-hybridized carbons (Fsp3) is 0.500. The minimum absolute atomic E-state index is 0.0711. The Morgan fingerprint density at radius 3 is 3.13 bits per heavy atom. The molecule has 15 heavy (non-hydrogen) atoms. The van der Waals surface area contributed by atoms with Crippen molar-refractivity contribution in [1.29, 1.82) is 0 Å². The van der Waals surface area contributed by atoms with Gasteiger partial charge in [-0.25, -0.2) is 4.98 Å². The summed E-state index contributed by atoms with van der Waals surface area (Å²) in [5, 5.41) is 0. The maximum atomic E-state index is 11.9. The molecule has 0 spiro atoms. The average molecular weight is 207 g/mol. The van der Waals surface area contributed by atoms with Crippen LogP contribution in [-0.2, 0) is 4.74 Å². The summed E-state index contributed by atoms with van der Waals surface area (Å²) in [5.74, 6) is -0.0711. The zero-order valence-corrected chi connectivity index (χ0v) is 8.59. The Hall–Kier alpha value is -1.49. The lowest BCUT2D eigenvalue weighted by atomic mass is 10.2. The highest BCUT2D eigenvalue weighted by atomic mass is 16.5. The SMILES string of the molecule is C[C@H]1CN(C(=O)c2cnccn2)CCO1. The Morgan fingerprint density at radius 2 is 2.47 bits per heavy atom. The lowest BCUT2D eigenvalue weighted by molar-refractivity contribution is -0.0126. The van der Waals surface area contributed by atoms with E-state index in [0.717, 1.165) is 0 Å². The van der Waals surface area contributed by atoms with Crippen molar-refractivity contribution in [1.82, 2.24) is 14.9 Å². The summed E-state index contributed by atoms with van der Waals surface area (Å²) >= 11 is 0. The van der Waals surface area contributed by atoms with Gasteiger partial charge in [0.2, 0.25) is 0 Å². The molecule has 5 heteroatoms. The average Bonchev–Trinajstić information content (AvgIpc) is 2.29. The monoisotopic (exact) mass is 207 g/mol. The third kappa shape index (κ3) is 2.30. The van der Waals surface area contributed by atoms with Crippen LogP contribution in [0.2, 0.25) is 0 Å². The summed E-state index contributed by atoms with van der Waals surface area (Å²) in [6.07, 6.45) is 4.66. The lowest BCUT2D eigenvalue weighted by Gasteiger charge is -2.30. The van der Waals surface area contributed by atoms with E-state index < -0.39 is 0 Å². The van der Waals surface area contributed by atoms with Gasteiger partial charge in [-0.15, -0.1) is 0 Å². The summed E-state index contributed by atoms with van der Waals surface area (Å²) in [6.45, 7) is 3.79. The standard InChI is InChI=1S/C10H13N3O2/c1-8-7-13(4-5-15-8)10(14)9-6-11-2-3-12-9/h2-3,6,8H,4-5,7H2,1H3/t8-/m0/s1. The number of carbonyl (C=O) groups is 1. The number of nitrogens with zero attached hydrogens (tertiary/aromatic N) is 3. The molecule has 1 aliphatic heterocycles. The molecule has 0 N–H and O–H groups in total. The topological polar surface area (TPSA) is 55.3 Å². The summed E-state index contributed by atoms with van der Waals surface area (Å²) in [5.41, 5.74) is 0.395. The number of aromatic nitrogens is 2. The molecule has 1 saturated heterocycles. The van der Waals surface area contributed by atoms with E-state index in [1.807, 2.05) is 6.92 Å².